The van der Waals surface area contributed by atoms with Gasteiger partial charge < -0.3 is 5.32 Å². The molecule has 2 aromatic heterocycles. The Morgan fingerprint density at radius 1 is 1.47 bits per heavy atom. The van der Waals surface area contributed by atoms with Crippen molar-refractivity contribution in [3.63, 3.8) is 0 Å². The Kier molecular flexibility index (Phi) is 2.86. The first-order chi connectivity index (χ1) is 8.09. The van der Waals surface area contributed by atoms with Crippen LogP contribution in [0.5, 0.6) is 0 Å². The van der Waals surface area contributed by atoms with Crippen molar-refractivity contribution in [2.45, 2.75) is 13.8 Å². The van der Waals surface area contributed by atoms with E-state index in [9.17, 15) is 9.18 Å². The molecule has 5 nitrogen and oxygen atoms in total. The fraction of sp³-hybridized carbons (Fsp3) is 0.182. The summed E-state index contributed by atoms with van der Waals surface area (Å²) in [5, 5.41) is 9.19. The second kappa shape index (κ2) is 4.32. The van der Waals surface area contributed by atoms with E-state index in [1.54, 1.807) is 0 Å². The number of hydrogen-bond acceptors (Lipinski definition) is 3. The molecule has 2 rings (SSSR count). The Labute approximate surface area is 97.1 Å². The number of anilines is 1. The minimum Gasteiger partial charge on any atom is -0.305 e. The molecular weight excluding hydrogens is 223 g/mol. The van der Waals surface area contributed by atoms with Gasteiger partial charge in [0.15, 0.2) is 11.6 Å². The molecule has 0 aromatic carbocycles. The number of amides is 1. The summed E-state index contributed by atoms with van der Waals surface area (Å²) in [7, 11) is 0. The first kappa shape index (κ1) is 11.3. The Morgan fingerprint density at radius 3 is 2.82 bits per heavy atom. The first-order valence-corrected chi connectivity index (χ1v) is 5.02. The van der Waals surface area contributed by atoms with Crippen molar-refractivity contribution in [1.82, 2.24) is 15.2 Å². The van der Waals surface area contributed by atoms with Gasteiger partial charge in [0.25, 0.3) is 5.91 Å². The maximum atomic E-state index is 13.3. The van der Waals surface area contributed by atoms with E-state index >= 15 is 0 Å². The minimum absolute atomic E-state index is 0.0555. The van der Waals surface area contributed by atoms with Gasteiger partial charge in [0, 0.05) is 17.5 Å². The number of carbonyl (C=O) groups is 1. The smallest absolute Gasteiger partial charge is 0.259 e. The molecule has 0 atom stereocenters. The van der Waals surface area contributed by atoms with E-state index in [4.69, 9.17) is 0 Å². The summed E-state index contributed by atoms with van der Waals surface area (Å²) in [6, 6.07) is 1.32. The van der Waals surface area contributed by atoms with Gasteiger partial charge in [-0.05, 0) is 19.9 Å². The summed E-state index contributed by atoms with van der Waals surface area (Å²) >= 11 is 0. The van der Waals surface area contributed by atoms with Crippen molar-refractivity contribution in [3.8, 4) is 0 Å². The van der Waals surface area contributed by atoms with Crippen LogP contribution in [-0.4, -0.2) is 21.1 Å². The lowest BCUT2D eigenvalue weighted by Crippen LogP contribution is -2.14. The van der Waals surface area contributed by atoms with Crippen LogP contribution in [-0.2, 0) is 0 Å². The lowest BCUT2D eigenvalue weighted by Gasteiger charge is -2.03. The third kappa shape index (κ3) is 2.15. The van der Waals surface area contributed by atoms with Gasteiger partial charge >= 0.3 is 0 Å². The van der Waals surface area contributed by atoms with Gasteiger partial charge in [0.05, 0.1) is 11.8 Å². The minimum atomic E-state index is -0.657. The van der Waals surface area contributed by atoms with Gasteiger partial charge in [-0.1, -0.05) is 0 Å². The highest BCUT2D eigenvalue weighted by Crippen LogP contribution is 2.15. The highest BCUT2D eigenvalue weighted by Gasteiger charge is 2.14. The van der Waals surface area contributed by atoms with Gasteiger partial charge in [-0.15, -0.1) is 0 Å². The molecule has 0 bridgehead atoms. The molecule has 0 fully saturated rings. The third-order valence-corrected chi connectivity index (χ3v) is 2.50. The third-order valence-electron chi connectivity index (χ3n) is 2.50. The van der Waals surface area contributed by atoms with Gasteiger partial charge in [-0.2, -0.15) is 5.10 Å². The number of aromatic nitrogens is 3. The number of aromatic amines is 1. The second-order valence-electron chi connectivity index (χ2n) is 3.63. The summed E-state index contributed by atoms with van der Waals surface area (Å²) in [4.78, 5) is 15.3. The van der Waals surface area contributed by atoms with Gasteiger partial charge in [0.2, 0.25) is 0 Å². The SMILES string of the molecule is Cc1[nH]nc(NC(=O)c2ccncc2F)c1C. The molecule has 0 aliphatic carbocycles. The molecule has 0 unspecified atom stereocenters. The molecule has 2 aromatic rings. The molecule has 6 heteroatoms. The number of aryl methyl sites for hydroxylation is 1. The molecule has 17 heavy (non-hydrogen) atoms. The second-order valence-corrected chi connectivity index (χ2v) is 3.63. The number of carbonyl (C=O) groups excluding carboxylic acids is 1. The lowest BCUT2D eigenvalue weighted by atomic mass is 10.2. The van der Waals surface area contributed by atoms with Crippen LogP contribution >= 0.6 is 0 Å². The summed E-state index contributed by atoms with van der Waals surface area (Å²) in [6.45, 7) is 3.66. The maximum Gasteiger partial charge on any atom is 0.259 e. The lowest BCUT2D eigenvalue weighted by molar-refractivity contribution is 0.102. The number of nitrogens with zero attached hydrogens (tertiary/aromatic N) is 2. The van der Waals surface area contributed by atoms with Crippen LogP contribution in [0.2, 0.25) is 0 Å². The Hall–Kier alpha value is -2.24. The van der Waals surface area contributed by atoms with E-state index in [-0.39, 0.29) is 5.56 Å². The van der Waals surface area contributed by atoms with Crippen molar-refractivity contribution in [2.75, 3.05) is 5.32 Å². The Morgan fingerprint density at radius 2 is 2.24 bits per heavy atom. The zero-order valence-electron chi connectivity index (χ0n) is 9.41. The summed E-state index contributed by atoms with van der Waals surface area (Å²) < 4.78 is 13.3. The van der Waals surface area contributed by atoms with Crippen LogP contribution in [0.15, 0.2) is 18.5 Å². The van der Waals surface area contributed by atoms with Crippen LogP contribution in [0, 0.1) is 19.7 Å². The van der Waals surface area contributed by atoms with E-state index in [0.29, 0.717) is 5.82 Å². The average molecular weight is 234 g/mol. The topological polar surface area (TPSA) is 70.7 Å². The monoisotopic (exact) mass is 234 g/mol. The Balaban J connectivity index is 2.23. The van der Waals surface area contributed by atoms with Crippen LogP contribution in [0.25, 0.3) is 0 Å². The molecule has 0 radical (unpaired) electrons. The molecule has 0 spiro atoms. The highest BCUT2D eigenvalue weighted by molar-refractivity contribution is 6.04. The standard InChI is InChI=1S/C11H11FN4O/c1-6-7(2)15-16-10(6)14-11(17)8-3-4-13-5-9(8)12/h3-5H,1-2H3,(H2,14,15,16,17). The molecule has 2 N–H and O–H groups in total. The van der Waals surface area contributed by atoms with Gasteiger partial charge in [-0.3, -0.25) is 14.9 Å². The van der Waals surface area contributed by atoms with Crippen molar-refractivity contribution < 1.29 is 9.18 Å². The van der Waals surface area contributed by atoms with E-state index in [0.717, 1.165) is 17.5 Å². The zero-order chi connectivity index (χ0) is 12.4. The van der Waals surface area contributed by atoms with Crippen molar-refractivity contribution in [2.24, 2.45) is 0 Å². The van der Waals surface area contributed by atoms with Crippen molar-refractivity contribution in [1.29, 1.82) is 0 Å². The van der Waals surface area contributed by atoms with E-state index in [2.05, 4.69) is 20.5 Å². The number of hydrogen-bond donors (Lipinski definition) is 2. The summed E-state index contributed by atoms with van der Waals surface area (Å²) in [6.07, 6.45) is 2.36. The highest BCUT2D eigenvalue weighted by atomic mass is 19.1. The van der Waals surface area contributed by atoms with Crippen LogP contribution < -0.4 is 5.32 Å². The summed E-state index contributed by atoms with van der Waals surface area (Å²) in [5.41, 5.74) is 1.63. The first-order valence-electron chi connectivity index (χ1n) is 5.02. The van der Waals surface area contributed by atoms with E-state index in [1.165, 1.54) is 12.3 Å². The van der Waals surface area contributed by atoms with Crippen LogP contribution in [0.1, 0.15) is 21.6 Å². The molecule has 1 amide bonds. The molecule has 0 aliphatic rings. The number of rotatable bonds is 2. The quantitative estimate of drug-likeness (QED) is 0.832. The van der Waals surface area contributed by atoms with E-state index < -0.39 is 11.7 Å². The summed E-state index contributed by atoms with van der Waals surface area (Å²) in [5.74, 6) is -0.793. The van der Waals surface area contributed by atoms with Crippen LogP contribution in [0.4, 0.5) is 10.2 Å². The molecule has 0 saturated heterocycles. The molecular formula is C11H11FN4O. The van der Waals surface area contributed by atoms with Crippen molar-refractivity contribution in [3.05, 3.63) is 41.1 Å². The number of halogens is 1. The molecule has 0 saturated carbocycles. The fourth-order valence-electron chi connectivity index (χ4n) is 1.34. The van der Waals surface area contributed by atoms with Crippen LogP contribution in [0.3, 0.4) is 0 Å². The predicted octanol–water partition coefficient (Wildman–Crippen LogP) is 1.81. The maximum absolute atomic E-state index is 13.3. The average Bonchev–Trinajstić information content (AvgIpc) is 2.61. The number of pyridine rings is 1. The zero-order valence-corrected chi connectivity index (χ0v) is 9.41. The molecule has 0 aliphatic heterocycles. The van der Waals surface area contributed by atoms with Gasteiger partial charge in [0.1, 0.15) is 0 Å². The van der Waals surface area contributed by atoms with Gasteiger partial charge in [-0.25, -0.2) is 4.39 Å². The number of H-pyrrole nitrogens is 1. The number of nitrogens with one attached hydrogen (secondary N) is 2. The Bertz CT molecular complexity index is 564. The largest absolute Gasteiger partial charge is 0.305 e. The normalized spacial score (nSPS) is 10.3. The fourth-order valence-corrected chi connectivity index (χ4v) is 1.34. The van der Waals surface area contributed by atoms with E-state index in [1.807, 2.05) is 13.8 Å². The molecule has 88 valence electrons. The van der Waals surface area contributed by atoms with Crippen molar-refractivity contribution >= 4 is 11.7 Å². The molecule has 2 heterocycles. The predicted molar refractivity (Wildman–Crippen MR) is 60.2 cm³/mol.